The standard InChI is InChI=1S/C36H69N5O9Si2/c1-22(2)21-23(37)30(44)39-19-16-18-38-25(32(45)48-34(3,4)5)26(43)27-28(49-51(12,13)35(6,7)8)29(50-52(14,15)36(9,10)11)31(47-27)41-20-17-24(42)40-33(41)46/h17,20,22-23,25-29,31,38,43H,16,18-19,21,37H2,1-15H3,(H,39,44)(H,40,42,46)/t23-,25-,26+,27?,28+,29+,31+/m0/s1. The predicted molar refractivity (Wildman–Crippen MR) is 208 cm³/mol. The highest BCUT2D eigenvalue weighted by atomic mass is 28.4. The van der Waals surface area contributed by atoms with Gasteiger partial charge in [0.1, 0.15) is 36.1 Å². The number of carbonyl (C=O) groups excluding carboxylic acids is 2. The maximum atomic E-state index is 13.8. The maximum Gasteiger partial charge on any atom is 0.330 e. The lowest BCUT2D eigenvalue weighted by molar-refractivity contribution is -0.166. The fourth-order valence-electron chi connectivity index (χ4n) is 5.29. The Hall–Kier alpha value is -2.19. The minimum absolute atomic E-state index is 0.230. The first-order valence-electron chi connectivity index (χ1n) is 18.5. The average molecular weight is 772 g/mol. The number of H-pyrrole nitrogens is 1. The Morgan fingerprint density at radius 2 is 1.50 bits per heavy atom. The molecule has 300 valence electrons. The molecule has 0 radical (unpaired) electrons. The summed E-state index contributed by atoms with van der Waals surface area (Å²) in [5, 5.41) is 17.8. The van der Waals surface area contributed by atoms with E-state index in [1.165, 1.54) is 16.8 Å². The molecule has 0 saturated carbocycles. The summed E-state index contributed by atoms with van der Waals surface area (Å²) in [7, 11) is -5.23. The topological polar surface area (TPSA) is 196 Å². The average Bonchev–Trinajstić information content (AvgIpc) is 3.27. The van der Waals surface area contributed by atoms with Gasteiger partial charge >= 0.3 is 11.7 Å². The lowest BCUT2D eigenvalue weighted by Crippen LogP contribution is -2.59. The van der Waals surface area contributed by atoms with Crippen molar-refractivity contribution < 1.29 is 33.0 Å². The van der Waals surface area contributed by atoms with Crippen molar-refractivity contribution in [2.75, 3.05) is 13.1 Å². The van der Waals surface area contributed by atoms with Crippen molar-refractivity contribution in [3.8, 4) is 0 Å². The molecule has 1 saturated heterocycles. The molecule has 6 N–H and O–H groups in total. The molecule has 7 atom stereocenters. The molecule has 1 amide bonds. The lowest BCUT2D eigenvalue weighted by Gasteiger charge is -2.44. The van der Waals surface area contributed by atoms with Gasteiger partial charge in [-0.15, -0.1) is 0 Å². The van der Waals surface area contributed by atoms with E-state index < -0.39 is 82.2 Å². The summed E-state index contributed by atoms with van der Waals surface area (Å²) >= 11 is 0. The van der Waals surface area contributed by atoms with Gasteiger partial charge in [0, 0.05) is 18.8 Å². The third-order valence-electron chi connectivity index (χ3n) is 10.2. The van der Waals surface area contributed by atoms with E-state index in [9.17, 15) is 24.3 Å². The van der Waals surface area contributed by atoms with Gasteiger partial charge in [-0.2, -0.15) is 0 Å². The van der Waals surface area contributed by atoms with E-state index >= 15 is 0 Å². The van der Waals surface area contributed by atoms with Crippen molar-refractivity contribution in [3.63, 3.8) is 0 Å². The monoisotopic (exact) mass is 771 g/mol. The highest BCUT2D eigenvalue weighted by Crippen LogP contribution is 2.46. The van der Waals surface area contributed by atoms with Gasteiger partial charge in [0.15, 0.2) is 22.9 Å². The molecule has 52 heavy (non-hydrogen) atoms. The van der Waals surface area contributed by atoms with Gasteiger partial charge in [0.05, 0.1) is 6.04 Å². The molecule has 2 heterocycles. The van der Waals surface area contributed by atoms with Gasteiger partial charge in [-0.05, 0) is 82.3 Å². The smallest absolute Gasteiger partial charge is 0.330 e. The van der Waals surface area contributed by atoms with Crippen LogP contribution < -0.4 is 27.6 Å². The van der Waals surface area contributed by atoms with Gasteiger partial charge < -0.3 is 39.8 Å². The molecule has 1 aliphatic heterocycles. The Balaban J connectivity index is 2.62. The van der Waals surface area contributed by atoms with Crippen LogP contribution in [0.25, 0.3) is 0 Å². The van der Waals surface area contributed by atoms with Gasteiger partial charge in [0.2, 0.25) is 5.91 Å². The van der Waals surface area contributed by atoms with Crippen LogP contribution in [0.5, 0.6) is 0 Å². The molecule has 0 aromatic carbocycles. The number of rotatable bonds is 16. The van der Waals surface area contributed by atoms with Crippen LogP contribution in [0.2, 0.25) is 36.3 Å². The summed E-state index contributed by atoms with van der Waals surface area (Å²) in [5.74, 6) is -0.682. The van der Waals surface area contributed by atoms with Gasteiger partial charge in [-0.3, -0.25) is 23.9 Å². The largest absolute Gasteiger partial charge is 0.459 e. The molecule has 1 unspecified atom stereocenters. The summed E-state index contributed by atoms with van der Waals surface area (Å²) in [6, 6.07) is -0.680. The van der Waals surface area contributed by atoms with Gasteiger partial charge in [-0.1, -0.05) is 55.4 Å². The highest BCUT2D eigenvalue weighted by Gasteiger charge is 2.57. The Kier molecular flexibility index (Phi) is 15.5. The number of nitrogens with zero attached hydrogens (tertiary/aromatic N) is 1. The number of aromatic amines is 1. The second kappa shape index (κ2) is 17.5. The van der Waals surface area contributed by atoms with Crippen molar-refractivity contribution in [1.82, 2.24) is 20.2 Å². The Labute approximate surface area is 312 Å². The molecule has 16 heteroatoms. The quantitative estimate of drug-likeness (QED) is 0.0933. The van der Waals surface area contributed by atoms with Crippen LogP contribution in [-0.4, -0.2) is 98.4 Å². The molecule has 1 aliphatic rings. The summed E-state index contributed by atoms with van der Waals surface area (Å²) in [4.78, 5) is 54.0. The van der Waals surface area contributed by atoms with Crippen LogP contribution in [0.1, 0.15) is 95.2 Å². The third-order valence-corrected chi connectivity index (χ3v) is 19.2. The predicted octanol–water partition coefficient (Wildman–Crippen LogP) is 3.76. The molecule has 1 fully saturated rings. The fourth-order valence-corrected chi connectivity index (χ4v) is 7.87. The first kappa shape index (κ1) is 46.0. The fraction of sp³-hybridized carbons (Fsp3) is 0.833. The number of esters is 1. The normalized spacial score (nSPS) is 22.3. The van der Waals surface area contributed by atoms with E-state index in [0.717, 1.165) is 0 Å². The van der Waals surface area contributed by atoms with Crippen LogP contribution in [0.3, 0.4) is 0 Å². The number of hydrogen-bond acceptors (Lipinski definition) is 11. The number of carbonyl (C=O) groups is 2. The number of aliphatic hydroxyl groups is 1. The van der Waals surface area contributed by atoms with Crippen molar-refractivity contribution >= 4 is 28.5 Å². The van der Waals surface area contributed by atoms with E-state index in [0.29, 0.717) is 19.4 Å². The van der Waals surface area contributed by atoms with Crippen LogP contribution in [-0.2, 0) is 27.9 Å². The number of nitrogens with one attached hydrogen (secondary N) is 3. The number of ether oxygens (including phenoxy) is 2. The van der Waals surface area contributed by atoms with Crippen LogP contribution in [0.4, 0.5) is 0 Å². The molecular weight excluding hydrogens is 703 g/mol. The van der Waals surface area contributed by atoms with Crippen LogP contribution in [0, 0.1) is 5.92 Å². The highest BCUT2D eigenvalue weighted by molar-refractivity contribution is 6.74. The summed E-state index contributed by atoms with van der Waals surface area (Å²) in [5.41, 5.74) is 3.87. The molecular formula is C36H69N5O9Si2. The van der Waals surface area contributed by atoms with E-state index in [1.54, 1.807) is 20.8 Å². The molecule has 1 aromatic heterocycles. The lowest BCUT2D eigenvalue weighted by atomic mass is 9.99. The van der Waals surface area contributed by atoms with E-state index in [4.69, 9.17) is 24.1 Å². The number of aliphatic hydroxyl groups excluding tert-OH is 1. The zero-order valence-electron chi connectivity index (χ0n) is 34.3. The van der Waals surface area contributed by atoms with Gasteiger partial charge in [0.25, 0.3) is 5.56 Å². The summed E-state index contributed by atoms with van der Waals surface area (Å²) in [6.45, 7) is 30.6. The molecule has 14 nitrogen and oxygen atoms in total. The molecule has 0 aliphatic carbocycles. The first-order chi connectivity index (χ1) is 23.5. The molecule has 0 bridgehead atoms. The molecule has 2 rings (SSSR count). The van der Waals surface area contributed by atoms with Gasteiger partial charge in [-0.25, -0.2) is 4.79 Å². The summed E-state index contributed by atoms with van der Waals surface area (Å²) in [6.07, 6.45) is -3.32. The van der Waals surface area contributed by atoms with Crippen molar-refractivity contribution in [2.24, 2.45) is 11.7 Å². The second-order valence-electron chi connectivity index (χ2n) is 18.5. The summed E-state index contributed by atoms with van der Waals surface area (Å²) < 4.78 is 27.7. The molecule has 0 spiro atoms. The minimum atomic E-state index is -2.63. The zero-order chi connectivity index (χ0) is 40.2. The Bertz CT molecular complexity index is 1460. The SMILES string of the molecule is CC(C)C[C@H](N)C(=O)NCCCN[C@H](C(=O)OC(C)(C)C)[C@@H](O)C1O[C@@H](n2ccc(=O)[nH]c2=O)[C@H](O[Si](C)(C)C(C)(C)C)[C@@H]1O[Si](C)(C)C(C)(C)C. The Morgan fingerprint density at radius 1 is 0.962 bits per heavy atom. The first-order valence-corrected chi connectivity index (χ1v) is 24.3. The third kappa shape index (κ3) is 12.4. The number of aromatic nitrogens is 2. The van der Waals surface area contributed by atoms with E-state index in [1.807, 2.05) is 13.8 Å². The zero-order valence-corrected chi connectivity index (χ0v) is 36.3. The number of amides is 1. The Morgan fingerprint density at radius 3 is 1.98 bits per heavy atom. The van der Waals surface area contributed by atoms with Crippen molar-refractivity contribution in [2.45, 2.75) is 174 Å². The van der Waals surface area contributed by atoms with Crippen molar-refractivity contribution in [1.29, 1.82) is 0 Å². The van der Waals surface area contributed by atoms with Crippen LogP contribution in [0.15, 0.2) is 21.9 Å². The maximum absolute atomic E-state index is 13.8. The minimum Gasteiger partial charge on any atom is -0.459 e. The van der Waals surface area contributed by atoms with Crippen LogP contribution >= 0.6 is 0 Å². The number of nitrogens with two attached hydrogens (primary N) is 1. The second-order valence-corrected chi connectivity index (χ2v) is 28.0. The number of hydrogen-bond donors (Lipinski definition) is 5. The van der Waals surface area contributed by atoms with Crippen molar-refractivity contribution in [3.05, 3.63) is 33.1 Å². The molecule has 1 aromatic rings. The van der Waals surface area contributed by atoms with E-state index in [2.05, 4.69) is 83.3 Å². The van der Waals surface area contributed by atoms with E-state index in [-0.39, 0.29) is 28.4 Å².